The molecule has 1 unspecified atom stereocenters. The summed E-state index contributed by atoms with van der Waals surface area (Å²) >= 11 is 0. The number of aromatic amines is 1. The Balaban J connectivity index is 0.00000210. The van der Waals surface area contributed by atoms with Gasteiger partial charge in [-0.3, -0.25) is 9.19 Å². The van der Waals surface area contributed by atoms with Crippen molar-refractivity contribution in [1.82, 2.24) is 19.5 Å². The molecule has 4 aromatic rings. The van der Waals surface area contributed by atoms with Crippen LogP contribution in [0.4, 0.5) is 0 Å². The first kappa shape index (κ1) is 22.1. The Labute approximate surface area is 184 Å². The molecule has 4 rings (SSSR count). The summed E-state index contributed by atoms with van der Waals surface area (Å²) in [6.45, 7) is 1.92. The Hall–Kier alpha value is -2.20. The van der Waals surface area contributed by atoms with Crippen molar-refractivity contribution in [2.75, 3.05) is 7.11 Å². The molecule has 28 heavy (non-hydrogen) atoms. The molecule has 3 heterocycles. The maximum atomic E-state index is 12.8. The normalized spacial score (nSPS) is 11.5. The van der Waals surface area contributed by atoms with Crippen LogP contribution in [0.1, 0.15) is 14.1 Å². The van der Waals surface area contributed by atoms with E-state index in [9.17, 15) is 4.21 Å². The van der Waals surface area contributed by atoms with Crippen LogP contribution in [0.25, 0.3) is 16.7 Å². The molecule has 0 aliphatic carbocycles. The number of aromatic nitrogens is 4. The molecule has 0 aliphatic heterocycles. The van der Waals surface area contributed by atoms with Crippen LogP contribution in [0.3, 0.4) is 0 Å². The van der Waals surface area contributed by atoms with E-state index in [0.717, 1.165) is 33.7 Å². The summed E-state index contributed by atoms with van der Waals surface area (Å²) in [6.07, 6.45) is 5.63. The first-order chi connectivity index (χ1) is 12.7. The predicted octanol–water partition coefficient (Wildman–Crippen LogP) is 2.39. The Bertz CT molecular complexity index is 1110. The number of hydrogen-bond donors (Lipinski definition) is 1. The second-order valence-corrected chi connectivity index (χ2v) is 7.27. The number of rotatable bonds is 5. The fourth-order valence-electron chi connectivity index (χ4n) is 2.87. The fraction of sp³-hybridized carbons (Fsp3) is 0.158. The molecule has 0 bridgehead atoms. The van der Waals surface area contributed by atoms with Crippen LogP contribution >= 0.6 is 0 Å². The number of pyridine rings is 1. The topological polar surface area (TPSA) is 104 Å². The second-order valence-electron chi connectivity index (χ2n) is 5.91. The van der Waals surface area contributed by atoms with Crippen LogP contribution in [0.5, 0.6) is 5.75 Å². The van der Waals surface area contributed by atoms with Crippen molar-refractivity contribution in [3.63, 3.8) is 0 Å². The number of ether oxygens (including phenoxy) is 1. The minimum atomic E-state index is -1.32. The van der Waals surface area contributed by atoms with Crippen molar-refractivity contribution < 1.29 is 17.3 Å². The second kappa shape index (κ2) is 9.33. The van der Waals surface area contributed by atoms with Gasteiger partial charge in [-0.15, -0.1) is 0 Å². The summed E-state index contributed by atoms with van der Waals surface area (Å²) in [5.41, 5.74) is 4.31. The van der Waals surface area contributed by atoms with Gasteiger partial charge in [-0.25, -0.2) is 4.98 Å². The van der Waals surface area contributed by atoms with E-state index in [1.807, 2.05) is 54.2 Å². The molecule has 144 valence electrons. The zero-order chi connectivity index (χ0) is 18.1. The van der Waals surface area contributed by atoms with Gasteiger partial charge in [0.05, 0.1) is 40.4 Å². The molecule has 0 saturated carbocycles. The van der Waals surface area contributed by atoms with Gasteiger partial charge in [0.25, 0.3) is 0 Å². The number of methoxy groups -OCH3 is 1. The van der Waals surface area contributed by atoms with Crippen molar-refractivity contribution in [3.8, 4) is 11.4 Å². The van der Waals surface area contributed by atoms with Gasteiger partial charge in [-0.1, -0.05) is 0 Å². The average molecular weight is 411 g/mol. The molecule has 0 fully saturated rings. The van der Waals surface area contributed by atoms with Gasteiger partial charge >= 0.3 is 23.1 Å². The number of fused-ring (bicyclic) bond motifs is 1. The number of H-pyrrole nitrogens is 1. The van der Waals surface area contributed by atoms with E-state index in [2.05, 4.69) is 15.0 Å². The van der Waals surface area contributed by atoms with Gasteiger partial charge in [-0.2, -0.15) is 0 Å². The summed E-state index contributed by atoms with van der Waals surface area (Å²) in [7, 11) is 0.293. The first-order valence-electron chi connectivity index (χ1n) is 8.15. The van der Waals surface area contributed by atoms with Crippen LogP contribution in [0, 0.1) is 6.92 Å². The number of nitrogens with one attached hydrogen (secondary N) is 1. The third-order valence-electron chi connectivity index (χ3n) is 4.31. The van der Waals surface area contributed by atoms with Gasteiger partial charge in [0.1, 0.15) is 5.75 Å². The van der Waals surface area contributed by atoms with E-state index >= 15 is 0 Å². The number of imidazole rings is 1. The number of hydrogen-bond acceptors (Lipinski definition) is 4. The molecule has 3 aromatic heterocycles. The molecule has 0 amide bonds. The van der Waals surface area contributed by atoms with Crippen molar-refractivity contribution in [1.29, 1.82) is 0 Å². The fourth-order valence-corrected chi connectivity index (χ4v) is 3.97. The van der Waals surface area contributed by atoms with Crippen LogP contribution in [0.2, 0.25) is 0 Å². The monoisotopic (exact) mass is 410 g/mol. The molecular weight excluding hydrogens is 389 g/mol. The van der Waals surface area contributed by atoms with E-state index < -0.39 is 10.8 Å². The minimum absolute atomic E-state index is 0. The summed E-state index contributed by atoms with van der Waals surface area (Å²) in [5, 5.41) is 0.452. The van der Waals surface area contributed by atoms with Gasteiger partial charge in [0.2, 0.25) is 0 Å². The zero-order valence-electron chi connectivity index (χ0n) is 17.7. The van der Waals surface area contributed by atoms with Gasteiger partial charge in [-0.05, 0) is 43.3 Å². The minimum Gasteiger partial charge on any atom is -1.00 e. The molecule has 0 aliphatic rings. The molecule has 9 heteroatoms. The summed E-state index contributed by atoms with van der Waals surface area (Å²) in [5.74, 6) is 1.03. The maximum Gasteiger partial charge on any atom is 2.00 e. The Morgan fingerprint density at radius 2 is 2.00 bits per heavy atom. The average Bonchev–Trinajstić information content (AvgIpc) is 3.32. The smallest absolute Gasteiger partial charge is 1.00 e. The number of benzene rings is 1. The predicted molar refractivity (Wildman–Crippen MR) is 113 cm³/mol. The SMILES string of the molecule is COc1ccnc(CS(=O)c2nc3ccc(-n4cccc4)cc3[nH]2)c1C.O.[H-].[H-].[Mg+2]. The quantitative estimate of drug-likeness (QED) is 0.510. The molecule has 1 aromatic carbocycles. The third-order valence-corrected chi connectivity index (χ3v) is 5.47. The van der Waals surface area contributed by atoms with Gasteiger partial charge < -0.3 is 22.6 Å². The molecule has 0 radical (unpaired) electrons. The molecule has 1 atom stereocenters. The third kappa shape index (κ3) is 4.27. The van der Waals surface area contributed by atoms with Gasteiger partial charge in [0.15, 0.2) is 5.16 Å². The Morgan fingerprint density at radius 3 is 2.71 bits per heavy atom. The van der Waals surface area contributed by atoms with Crippen molar-refractivity contribution in [3.05, 3.63) is 66.2 Å². The Morgan fingerprint density at radius 1 is 1.25 bits per heavy atom. The zero-order valence-corrected chi connectivity index (χ0v) is 17.9. The summed E-state index contributed by atoms with van der Waals surface area (Å²) in [4.78, 5) is 12.0. The van der Waals surface area contributed by atoms with E-state index in [1.54, 1.807) is 19.4 Å². The van der Waals surface area contributed by atoms with Crippen molar-refractivity contribution in [2.24, 2.45) is 0 Å². The van der Waals surface area contributed by atoms with Gasteiger partial charge in [0, 0.05) is 29.8 Å². The van der Waals surface area contributed by atoms with Crippen molar-refractivity contribution in [2.45, 2.75) is 17.8 Å². The summed E-state index contributed by atoms with van der Waals surface area (Å²) < 4.78 is 20.1. The van der Waals surface area contributed by atoms with E-state index in [4.69, 9.17) is 4.74 Å². The molecule has 0 spiro atoms. The molecule has 0 saturated heterocycles. The largest absolute Gasteiger partial charge is 2.00 e. The van der Waals surface area contributed by atoms with E-state index in [1.165, 1.54) is 0 Å². The maximum absolute atomic E-state index is 12.8. The van der Waals surface area contributed by atoms with E-state index in [-0.39, 0.29) is 37.1 Å². The Kier molecular flexibility index (Phi) is 7.36. The van der Waals surface area contributed by atoms with Crippen molar-refractivity contribution >= 4 is 44.9 Å². The van der Waals surface area contributed by atoms with E-state index in [0.29, 0.717) is 5.16 Å². The first-order valence-corrected chi connectivity index (χ1v) is 9.47. The van der Waals surface area contributed by atoms with Crippen LogP contribution in [0.15, 0.2) is 60.1 Å². The van der Waals surface area contributed by atoms with Crippen LogP contribution < -0.4 is 4.74 Å². The number of nitrogens with zero attached hydrogens (tertiary/aromatic N) is 3. The van der Waals surface area contributed by atoms with Crippen LogP contribution in [-0.2, 0) is 16.6 Å². The standard InChI is InChI=1S/C19H18N4O2S.Mg.H2O.2H/c1-13-17(20-8-7-18(13)25-2)12-26(24)19-21-15-6-5-14(11-16(15)22-19)23-9-3-4-10-23;;;;/h3-11H,12H2,1-2H3,(H,21,22);;1H2;;/q;+2;;2*-1. The van der Waals surface area contributed by atoms with Crippen LogP contribution in [-0.4, -0.2) is 59.4 Å². The molecule has 3 N–H and O–H groups in total. The summed E-state index contributed by atoms with van der Waals surface area (Å²) in [6, 6.07) is 11.7. The molecular formula is C19H22MgN4O3S. The molecule has 7 nitrogen and oxygen atoms in total.